The zero-order valence-corrected chi connectivity index (χ0v) is 13.2. The lowest BCUT2D eigenvalue weighted by Gasteiger charge is -2.10. The van der Waals surface area contributed by atoms with E-state index < -0.39 is 0 Å². The summed E-state index contributed by atoms with van der Waals surface area (Å²) in [5, 5.41) is 3.34. The molecule has 0 radical (unpaired) electrons. The number of hydrogen-bond donors (Lipinski definition) is 1. The maximum absolute atomic E-state index is 12.3. The van der Waals surface area contributed by atoms with Crippen LogP contribution in [0.1, 0.15) is 17.3 Å². The van der Waals surface area contributed by atoms with Crippen molar-refractivity contribution < 1.29 is 9.53 Å². The van der Waals surface area contributed by atoms with Crippen molar-refractivity contribution in [3.05, 3.63) is 57.5 Å². The lowest BCUT2D eigenvalue weighted by Crippen LogP contribution is -2.13. The zero-order valence-electron chi connectivity index (χ0n) is 10.8. The number of rotatable bonds is 4. The van der Waals surface area contributed by atoms with Crippen molar-refractivity contribution in [2.75, 3.05) is 11.9 Å². The highest BCUT2D eigenvalue weighted by molar-refractivity contribution is 9.10. The Hall–Kier alpha value is -1.52. The van der Waals surface area contributed by atoms with Crippen LogP contribution >= 0.6 is 27.5 Å². The van der Waals surface area contributed by atoms with Crippen LogP contribution in [0.5, 0.6) is 5.75 Å². The lowest BCUT2D eigenvalue weighted by molar-refractivity contribution is 0.102. The van der Waals surface area contributed by atoms with Gasteiger partial charge in [0.15, 0.2) is 0 Å². The molecule has 2 aromatic carbocycles. The second-order valence-corrected chi connectivity index (χ2v) is 5.27. The Morgan fingerprint density at radius 3 is 2.75 bits per heavy atom. The molecule has 20 heavy (non-hydrogen) atoms. The Bertz CT molecular complexity index is 631. The first-order valence-corrected chi connectivity index (χ1v) is 7.27. The number of para-hydroxylation sites is 1. The van der Waals surface area contributed by atoms with Crippen molar-refractivity contribution in [3.63, 3.8) is 0 Å². The molecule has 0 aliphatic rings. The lowest BCUT2D eigenvalue weighted by atomic mass is 10.2. The van der Waals surface area contributed by atoms with Crippen LogP contribution in [-0.2, 0) is 0 Å². The maximum Gasteiger partial charge on any atom is 0.259 e. The van der Waals surface area contributed by atoms with Crippen LogP contribution in [-0.4, -0.2) is 12.5 Å². The molecule has 0 aromatic heterocycles. The van der Waals surface area contributed by atoms with Gasteiger partial charge in [0.25, 0.3) is 5.91 Å². The maximum atomic E-state index is 12.3. The number of carbonyl (C=O) groups is 1. The van der Waals surface area contributed by atoms with Crippen LogP contribution in [0, 0.1) is 0 Å². The van der Waals surface area contributed by atoms with Gasteiger partial charge in [-0.1, -0.05) is 23.7 Å². The minimum Gasteiger partial charge on any atom is -0.493 e. The predicted octanol–water partition coefficient (Wildman–Crippen LogP) is 4.75. The van der Waals surface area contributed by atoms with Gasteiger partial charge in [0.1, 0.15) is 5.75 Å². The average Bonchev–Trinajstić information content (AvgIpc) is 2.44. The highest BCUT2D eigenvalue weighted by atomic mass is 79.9. The molecule has 0 unspecified atom stereocenters. The number of amides is 1. The van der Waals surface area contributed by atoms with Crippen molar-refractivity contribution in [2.45, 2.75) is 6.92 Å². The van der Waals surface area contributed by atoms with Crippen LogP contribution in [0.15, 0.2) is 46.9 Å². The van der Waals surface area contributed by atoms with Gasteiger partial charge in [-0.2, -0.15) is 0 Å². The third kappa shape index (κ3) is 3.52. The van der Waals surface area contributed by atoms with E-state index in [0.717, 1.165) is 4.47 Å². The van der Waals surface area contributed by atoms with E-state index in [-0.39, 0.29) is 5.91 Å². The van der Waals surface area contributed by atoms with Gasteiger partial charge >= 0.3 is 0 Å². The van der Waals surface area contributed by atoms with E-state index in [1.54, 1.807) is 36.4 Å². The molecule has 0 saturated carbocycles. The SMILES string of the molecule is CCOc1ccccc1C(=O)Nc1ccc(Br)c(Cl)c1. The molecule has 0 heterocycles. The quantitative estimate of drug-likeness (QED) is 0.860. The summed E-state index contributed by atoms with van der Waals surface area (Å²) < 4.78 is 6.23. The van der Waals surface area contributed by atoms with Gasteiger partial charge in [-0.05, 0) is 53.2 Å². The number of benzene rings is 2. The second kappa shape index (κ2) is 6.77. The summed E-state index contributed by atoms with van der Waals surface area (Å²) in [6.07, 6.45) is 0. The van der Waals surface area contributed by atoms with E-state index in [9.17, 15) is 4.79 Å². The highest BCUT2D eigenvalue weighted by Gasteiger charge is 2.12. The van der Waals surface area contributed by atoms with Crippen LogP contribution < -0.4 is 10.1 Å². The molecule has 0 saturated heterocycles. The van der Waals surface area contributed by atoms with Crippen molar-refractivity contribution >= 4 is 39.1 Å². The van der Waals surface area contributed by atoms with E-state index in [4.69, 9.17) is 16.3 Å². The molecule has 1 amide bonds. The van der Waals surface area contributed by atoms with E-state index in [1.807, 2.05) is 13.0 Å². The first-order valence-electron chi connectivity index (χ1n) is 6.10. The van der Waals surface area contributed by atoms with Crippen LogP contribution in [0.4, 0.5) is 5.69 Å². The smallest absolute Gasteiger partial charge is 0.259 e. The third-order valence-corrected chi connectivity index (χ3v) is 3.84. The Morgan fingerprint density at radius 2 is 2.05 bits per heavy atom. The second-order valence-electron chi connectivity index (χ2n) is 4.01. The number of anilines is 1. The normalized spacial score (nSPS) is 10.2. The molecule has 5 heteroatoms. The topological polar surface area (TPSA) is 38.3 Å². The van der Waals surface area contributed by atoms with Gasteiger partial charge in [0.2, 0.25) is 0 Å². The predicted molar refractivity (Wildman–Crippen MR) is 84.7 cm³/mol. The number of carbonyl (C=O) groups excluding carboxylic acids is 1. The van der Waals surface area contributed by atoms with Crippen LogP contribution in [0.2, 0.25) is 5.02 Å². The van der Waals surface area contributed by atoms with Gasteiger partial charge < -0.3 is 10.1 Å². The monoisotopic (exact) mass is 353 g/mol. The molecule has 0 fully saturated rings. The van der Waals surface area contributed by atoms with E-state index >= 15 is 0 Å². The van der Waals surface area contributed by atoms with E-state index in [2.05, 4.69) is 21.2 Å². The van der Waals surface area contributed by atoms with Gasteiger partial charge in [-0.25, -0.2) is 0 Å². The largest absolute Gasteiger partial charge is 0.493 e. The molecule has 3 nitrogen and oxygen atoms in total. The van der Waals surface area contributed by atoms with Gasteiger partial charge in [0.05, 0.1) is 17.2 Å². The summed E-state index contributed by atoms with van der Waals surface area (Å²) in [5.74, 6) is 0.336. The minimum atomic E-state index is -0.229. The van der Waals surface area contributed by atoms with Crippen molar-refractivity contribution in [2.24, 2.45) is 0 Å². The summed E-state index contributed by atoms with van der Waals surface area (Å²) in [6, 6.07) is 12.4. The number of halogens is 2. The Balaban J connectivity index is 2.21. The van der Waals surface area contributed by atoms with Crippen molar-refractivity contribution in [1.29, 1.82) is 0 Å². The Kier molecular flexibility index (Phi) is 5.04. The minimum absolute atomic E-state index is 0.229. The molecule has 2 aromatic rings. The van der Waals surface area contributed by atoms with Crippen molar-refractivity contribution in [3.8, 4) is 5.75 Å². The highest BCUT2D eigenvalue weighted by Crippen LogP contribution is 2.26. The Labute approximate surface area is 131 Å². The van der Waals surface area contributed by atoms with Crippen LogP contribution in [0.3, 0.4) is 0 Å². The summed E-state index contributed by atoms with van der Waals surface area (Å²) >= 11 is 9.31. The molecular formula is C15H13BrClNO2. The summed E-state index contributed by atoms with van der Waals surface area (Å²) in [4.78, 5) is 12.3. The summed E-state index contributed by atoms with van der Waals surface area (Å²) in [7, 11) is 0. The number of hydrogen-bond acceptors (Lipinski definition) is 2. The Morgan fingerprint density at radius 1 is 1.30 bits per heavy atom. The molecule has 0 bridgehead atoms. The fraction of sp³-hybridized carbons (Fsp3) is 0.133. The molecular weight excluding hydrogens is 342 g/mol. The van der Waals surface area contributed by atoms with Gasteiger partial charge in [-0.3, -0.25) is 4.79 Å². The fourth-order valence-corrected chi connectivity index (χ4v) is 2.14. The third-order valence-electron chi connectivity index (χ3n) is 2.61. The van der Waals surface area contributed by atoms with E-state index in [1.165, 1.54) is 0 Å². The van der Waals surface area contributed by atoms with Gasteiger partial charge in [-0.15, -0.1) is 0 Å². The molecule has 0 atom stereocenters. The fourth-order valence-electron chi connectivity index (χ4n) is 1.71. The molecule has 2 rings (SSSR count). The molecule has 104 valence electrons. The van der Waals surface area contributed by atoms with Gasteiger partial charge in [0, 0.05) is 10.2 Å². The van der Waals surface area contributed by atoms with E-state index in [0.29, 0.717) is 28.6 Å². The molecule has 0 aliphatic heterocycles. The summed E-state index contributed by atoms with van der Waals surface area (Å²) in [6.45, 7) is 2.39. The molecule has 0 spiro atoms. The standard InChI is InChI=1S/C15H13BrClNO2/c1-2-20-14-6-4-3-5-11(14)15(19)18-10-7-8-12(16)13(17)9-10/h3-9H,2H2,1H3,(H,18,19). The molecule has 0 aliphatic carbocycles. The van der Waals surface area contributed by atoms with Crippen molar-refractivity contribution in [1.82, 2.24) is 0 Å². The molecule has 1 N–H and O–H groups in total. The average molecular weight is 355 g/mol. The van der Waals surface area contributed by atoms with Crippen LogP contribution in [0.25, 0.3) is 0 Å². The summed E-state index contributed by atoms with van der Waals surface area (Å²) in [5.41, 5.74) is 1.13. The first-order chi connectivity index (χ1) is 9.61. The number of nitrogens with one attached hydrogen (secondary N) is 1. The zero-order chi connectivity index (χ0) is 14.5. The number of ether oxygens (including phenoxy) is 1. The first kappa shape index (κ1) is 14.9.